The van der Waals surface area contributed by atoms with Gasteiger partial charge in [0.15, 0.2) is 0 Å². The summed E-state index contributed by atoms with van der Waals surface area (Å²) in [6.45, 7) is 0. The van der Waals surface area contributed by atoms with E-state index in [1.165, 1.54) is 18.4 Å². The molecule has 0 saturated heterocycles. The second kappa shape index (κ2) is 4.23. The molecule has 0 aromatic heterocycles. The lowest BCUT2D eigenvalue weighted by Crippen LogP contribution is -2.44. The highest BCUT2D eigenvalue weighted by atomic mass is 35.5. The van der Waals surface area contributed by atoms with Crippen LogP contribution >= 0.6 is 12.4 Å². The molecule has 2 heteroatoms. The molecule has 3 rings (SSSR count). The van der Waals surface area contributed by atoms with Crippen LogP contribution in [0, 0.1) is 5.92 Å². The molecule has 2 aliphatic carbocycles. The number of benzene rings is 1. The minimum absolute atomic E-state index is 0. The Balaban J connectivity index is 0.000000963. The Bertz CT molecular complexity index is 413. The number of hydrogen-bond donors (Lipinski definition) is 1. The molecule has 2 unspecified atom stereocenters. The Morgan fingerprint density at radius 3 is 2.88 bits per heavy atom. The Labute approximate surface area is 103 Å². The van der Waals surface area contributed by atoms with Gasteiger partial charge in [-0.3, -0.25) is 0 Å². The number of rotatable bonds is 1. The van der Waals surface area contributed by atoms with Gasteiger partial charge >= 0.3 is 0 Å². The molecule has 0 fully saturated rings. The highest BCUT2D eigenvalue weighted by Crippen LogP contribution is 2.47. The van der Waals surface area contributed by atoms with Gasteiger partial charge < -0.3 is 5.32 Å². The van der Waals surface area contributed by atoms with Gasteiger partial charge in [-0.05, 0) is 43.4 Å². The first-order valence-electron chi connectivity index (χ1n) is 5.79. The minimum atomic E-state index is 0. The number of allylic oxidation sites excluding steroid dienone is 1. The van der Waals surface area contributed by atoms with Crippen LogP contribution in [0.1, 0.15) is 24.0 Å². The van der Waals surface area contributed by atoms with E-state index in [9.17, 15) is 0 Å². The molecule has 0 heterocycles. The third-order valence-electron chi connectivity index (χ3n) is 4.13. The van der Waals surface area contributed by atoms with Gasteiger partial charge in [0.2, 0.25) is 0 Å². The van der Waals surface area contributed by atoms with Crippen molar-refractivity contribution in [3.8, 4) is 0 Å². The van der Waals surface area contributed by atoms with Crippen molar-refractivity contribution in [1.82, 2.24) is 5.32 Å². The lowest BCUT2D eigenvalue weighted by molar-refractivity contribution is 0.239. The second-order valence-corrected chi connectivity index (χ2v) is 4.69. The van der Waals surface area contributed by atoms with Gasteiger partial charge in [-0.1, -0.05) is 36.4 Å². The fourth-order valence-electron chi connectivity index (χ4n) is 3.32. The Kier molecular flexibility index (Phi) is 3.09. The maximum absolute atomic E-state index is 3.58. The van der Waals surface area contributed by atoms with E-state index in [2.05, 4.69) is 48.8 Å². The SMILES string of the molecule is CNC12CC=CCC1Cc1ccccc12.Cl. The van der Waals surface area contributed by atoms with Gasteiger partial charge in [0.25, 0.3) is 0 Å². The van der Waals surface area contributed by atoms with Gasteiger partial charge in [-0.2, -0.15) is 0 Å². The minimum Gasteiger partial charge on any atom is -0.310 e. The van der Waals surface area contributed by atoms with Gasteiger partial charge in [0.05, 0.1) is 5.54 Å². The predicted octanol–water partition coefficient (Wildman–Crippen LogP) is 3.05. The third kappa shape index (κ3) is 1.42. The molecule has 1 nitrogen and oxygen atoms in total. The van der Waals surface area contributed by atoms with Crippen LogP contribution in [0.4, 0.5) is 0 Å². The monoisotopic (exact) mass is 235 g/mol. The van der Waals surface area contributed by atoms with Crippen LogP contribution in [0.25, 0.3) is 0 Å². The third-order valence-corrected chi connectivity index (χ3v) is 4.13. The molecule has 2 atom stereocenters. The largest absolute Gasteiger partial charge is 0.310 e. The molecule has 0 bridgehead atoms. The first kappa shape index (κ1) is 11.7. The lowest BCUT2D eigenvalue weighted by Gasteiger charge is -2.37. The van der Waals surface area contributed by atoms with Gasteiger partial charge in [-0.15, -0.1) is 12.4 Å². The summed E-state index contributed by atoms with van der Waals surface area (Å²) in [5.74, 6) is 0.755. The quantitative estimate of drug-likeness (QED) is 0.738. The van der Waals surface area contributed by atoms with E-state index in [0.717, 1.165) is 12.3 Å². The van der Waals surface area contributed by atoms with E-state index >= 15 is 0 Å². The molecule has 86 valence electrons. The topological polar surface area (TPSA) is 12.0 Å². The zero-order chi connectivity index (χ0) is 10.3. The number of nitrogens with one attached hydrogen (secondary N) is 1. The summed E-state index contributed by atoms with van der Waals surface area (Å²) in [5.41, 5.74) is 3.30. The first-order valence-corrected chi connectivity index (χ1v) is 5.79. The molecule has 0 saturated carbocycles. The van der Waals surface area contributed by atoms with Crippen molar-refractivity contribution in [3.05, 3.63) is 47.5 Å². The summed E-state index contributed by atoms with van der Waals surface area (Å²) < 4.78 is 0. The number of halogens is 1. The van der Waals surface area contributed by atoms with E-state index in [1.54, 1.807) is 5.56 Å². The summed E-state index contributed by atoms with van der Waals surface area (Å²) >= 11 is 0. The molecule has 0 radical (unpaired) electrons. The first-order chi connectivity index (χ1) is 7.37. The van der Waals surface area contributed by atoms with Crippen LogP contribution in [0.5, 0.6) is 0 Å². The Morgan fingerprint density at radius 1 is 1.25 bits per heavy atom. The molecular weight excluding hydrogens is 218 g/mol. The average Bonchev–Trinajstić information content (AvgIpc) is 2.64. The maximum Gasteiger partial charge on any atom is 0.0504 e. The van der Waals surface area contributed by atoms with Crippen LogP contribution in [0.3, 0.4) is 0 Å². The molecule has 0 spiro atoms. The van der Waals surface area contributed by atoms with Crippen LogP contribution in [0.15, 0.2) is 36.4 Å². The molecule has 1 aromatic carbocycles. The summed E-state index contributed by atoms with van der Waals surface area (Å²) in [7, 11) is 2.11. The summed E-state index contributed by atoms with van der Waals surface area (Å²) in [5, 5.41) is 3.58. The van der Waals surface area contributed by atoms with Crippen molar-refractivity contribution in [2.75, 3.05) is 7.05 Å². The van der Waals surface area contributed by atoms with Crippen molar-refractivity contribution < 1.29 is 0 Å². The molecule has 0 aliphatic heterocycles. The zero-order valence-electron chi connectivity index (χ0n) is 9.57. The summed E-state index contributed by atoms with van der Waals surface area (Å²) in [6, 6.07) is 8.91. The predicted molar refractivity (Wildman–Crippen MR) is 70.0 cm³/mol. The summed E-state index contributed by atoms with van der Waals surface area (Å²) in [6.07, 6.45) is 8.27. The van der Waals surface area contributed by atoms with E-state index < -0.39 is 0 Å². The maximum atomic E-state index is 3.58. The van der Waals surface area contributed by atoms with Crippen molar-refractivity contribution in [2.24, 2.45) is 5.92 Å². The van der Waals surface area contributed by atoms with Crippen LogP contribution < -0.4 is 5.32 Å². The number of fused-ring (bicyclic) bond motifs is 3. The van der Waals surface area contributed by atoms with E-state index in [1.807, 2.05) is 0 Å². The Hall–Kier alpha value is -0.790. The molecule has 1 N–H and O–H groups in total. The smallest absolute Gasteiger partial charge is 0.0504 e. The molecule has 16 heavy (non-hydrogen) atoms. The van der Waals surface area contributed by atoms with E-state index in [0.29, 0.717) is 0 Å². The highest BCUT2D eigenvalue weighted by molar-refractivity contribution is 5.85. The van der Waals surface area contributed by atoms with Crippen LogP contribution in [-0.2, 0) is 12.0 Å². The van der Waals surface area contributed by atoms with Gasteiger partial charge in [0.1, 0.15) is 0 Å². The van der Waals surface area contributed by atoms with Crippen molar-refractivity contribution >= 4 is 12.4 Å². The van der Waals surface area contributed by atoms with E-state index in [-0.39, 0.29) is 17.9 Å². The van der Waals surface area contributed by atoms with Crippen molar-refractivity contribution in [2.45, 2.75) is 24.8 Å². The molecule has 1 aromatic rings. The molecular formula is C14H18ClN. The van der Waals surface area contributed by atoms with Crippen LogP contribution in [0.2, 0.25) is 0 Å². The van der Waals surface area contributed by atoms with Crippen molar-refractivity contribution in [1.29, 1.82) is 0 Å². The fraction of sp³-hybridized carbons (Fsp3) is 0.429. The van der Waals surface area contributed by atoms with Gasteiger partial charge in [-0.25, -0.2) is 0 Å². The van der Waals surface area contributed by atoms with Gasteiger partial charge in [0, 0.05) is 0 Å². The number of hydrogen-bond acceptors (Lipinski definition) is 1. The fourth-order valence-corrected chi connectivity index (χ4v) is 3.32. The normalized spacial score (nSPS) is 30.4. The molecule has 2 aliphatic rings. The Morgan fingerprint density at radius 2 is 2.06 bits per heavy atom. The summed E-state index contributed by atoms with van der Waals surface area (Å²) in [4.78, 5) is 0. The molecule has 0 amide bonds. The average molecular weight is 236 g/mol. The second-order valence-electron chi connectivity index (χ2n) is 4.69. The van der Waals surface area contributed by atoms with Crippen LogP contribution in [-0.4, -0.2) is 7.05 Å². The standard InChI is InChI=1S/C14H17N.ClH/c1-15-14-9-5-4-7-12(14)10-11-6-2-3-8-13(11)14;/h2-6,8,12,15H,7,9-10H2,1H3;1H. The highest BCUT2D eigenvalue weighted by Gasteiger charge is 2.45. The lowest BCUT2D eigenvalue weighted by atomic mass is 9.76. The zero-order valence-corrected chi connectivity index (χ0v) is 10.4. The van der Waals surface area contributed by atoms with E-state index in [4.69, 9.17) is 0 Å². The van der Waals surface area contributed by atoms with Crippen molar-refractivity contribution in [3.63, 3.8) is 0 Å².